The first-order chi connectivity index (χ1) is 7.86. The molecule has 4 nitrogen and oxygen atoms in total. The SMILES string of the molecule is CC(C)(C)C(=O)OC1=CC(=O)C(C)(C)OC1(C)C. The number of esters is 1. The Morgan fingerprint density at radius 2 is 1.67 bits per heavy atom. The Morgan fingerprint density at radius 1 is 1.17 bits per heavy atom. The number of ketones is 1. The highest BCUT2D eigenvalue weighted by molar-refractivity contribution is 5.98. The normalized spacial score (nSPS) is 22.4. The summed E-state index contributed by atoms with van der Waals surface area (Å²) in [5, 5.41) is 0. The van der Waals surface area contributed by atoms with Gasteiger partial charge < -0.3 is 9.47 Å². The van der Waals surface area contributed by atoms with E-state index in [9.17, 15) is 9.59 Å². The summed E-state index contributed by atoms with van der Waals surface area (Å²) >= 11 is 0. The number of carbonyl (C=O) groups is 2. The number of ether oxygens (including phenoxy) is 2. The number of hydrogen-bond acceptors (Lipinski definition) is 4. The molecule has 0 amide bonds. The highest BCUT2D eigenvalue weighted by atomic mass is 16.6. The molecule has 1 aliphatic heterocycles. The van der Waals surface area contributed by atoms with Gasteiger partial charge in [0.05, 0.1) is 5.41 Å². The first-order valence-corrected chi connectivity index (χ1v) is 6.05. The second-order valence-corrected chi connectivity index (χ2v) is 6.64. The van der Waals surface area contributed by atoms with E-state index in [-0.39, 0.29) is 17.5 Å². The molecule has 1 heterocycles. The van der Waals surface area contributed by atoms with Gasteiger partial charge in [-0.15, -0.1) is 0 Å². The van der Waals surface area contributed by atoms with Gasteiger partial charge in [-0.3, -0.25) is 9.59 Å². The third-order valence-electron chi connectivity index (χ3n) is 2.77. The van der Waals surface area contributed by atoms with Gasteiger partial charge in [-0.2, -0.15) is 0 Å². The zero-order valence-corrected chi connectivity index (χ0v) is 12.2. The highest BCUT2D eigenvalue weighted by Gasteiger charge is 2.44. The Labute approximate surface area is 108 Å². The maximum absolute atomic E-state index is 11.9. The molecule has 0 aromatic rings. The third kappa shape index (κ3) is 2.99. The molecule has 1 aliphatic rings. The van der Waals surface area contributed by atoms with Crippen molar-refractivity contribution in [2.45, 2.75) is 59.7 Å². The van der Waals surface area contributed by atoms with Crippen LogP contribution in [0.4, 0.5) is 0 Å². The Morgan fingerprint density at radius 3 is 2.11 bits per heavy atom. The number of carbonyl (C=O) groups excluding carboxylic acids is 2. The largest absolute Gasteiger partial charge is 0.427 e. The van der Waals surface area contributed by atoms with Crippen LogP contribution in [0.15, 0.2) is 11.8 Å². The Bertz CT molecular complexity index is 408. The van der Waals surface area contributed by atoms with Crippen LogP contribution in [-0.2, 0) is 19.1 Å². The number of rotatable bonds is 1. The average Bonchev–Trinajstić information content (AvgIpc) is 2.11. The van der Waals surface area contributed by atoms with Gasteiger partial charge >= 0.3 is 5.97 Å². The Hall–Kier alpha value is -1.16. The minimum absolute atomic E-state index is 0.196. The van der Waals surface area contributed by atoms with Gasteiger partial charge in [-0.25, -0.2) is 0 Å². The molecule has 0 saturated carbocycles. The zero-order valence-electron chi connectivity index (χ0n) is 12.2. The first-order valence-electron chi connectivity index (χ1n) is 6.05. The molecule has 0 spiro atoms. The summed E-state index contributed by atoms with van der Waals surface area (Å²) in [6.07, 6.45) is 1.37. The lowest BCUT2D eigenvalue weighted by Gasteiger charge is -2.39. The summed E-state index contributed by atoms with van der Waals surface area (Å²) in [7, 11) is 0. The van der Waals surface area contributed by atoms with E-state index in [1.54, 1.807) is 48.5 Å². The van der Waals surface area contributed by atoms with E-state index in [2.05, 4.69) is 0 Å². The van der Waals surface area contributed by atoms with E-state index in [1.165, 1.54) is 6.08 Å². The lowest BCUT2D eigenvalue weighted by molar-refractivity contribution is -0.171. The Kier molecular flexibility index (Phi) is 3.47. The average molecular weight is 254 g/mol. The molecule has 18 heavy (non-hydrogen) atoms. The maximum atomic E-state index is 11.9. The van der Waals surface area contributed by atoms with Gasteiger partial charge in [0.1, 0.15) is 17.0 Å². The number of hydrogen-bond donors (Lipinski definition) is 0. The van der Waals surface area contributed by atoms with Crippen molar-refractivity contribution >= 4 is 11.8 Å². The van der Waals surface area contributed by atoms with Crippen LogP contribution in [0, 0.1) is 5.41 Å². The van der Waals surface area contributed by atoms with E-state index in [0.29, 0.717) is 0 Å². The zero-order chi connectivity index (χ0) is 14.4. The van der Waals surface area contributed by atoms with Crippen LogP contribution >= 0.6 is 0 Å². The predicted molar refractivity (Wildman–Crippen MR) is 67.9 cm³/mol. The van der Waals surface area contributed by atoms with Crippen LogP contribution in [0.2, 0.25) is 0 Å². The summed E-state index contributed by atoms with van der Waals surface area (Å²) in [6.45, 7) is 12.3. The van der Waals surface area contributed by atoms with Crippen LogP contribution in [0.5, 0.6) is 0 Å². The molecule has 0 unspecified atom stereocenters. The fraction of sp³-hybridized carbons (Fsp3) is 0.714. The summed E-state index contributed by atoms with van der Waals surface area (Å²) in [5.41, 5.74) is -2.30. The summed E-state index contributed by atoms with van der Waals surface area (Å²) < 4.78 is 11.0. The topological polar surface area (TPSA) is 52.6 Å². The fourth-order valence-electron chi connectivity index (χ4n) is 1.61. The van der Waals surface area contributed by atoms with E-state index in [4.69, 9.17) is 9.47 Å². The standard InChI is InChI=1S/C14H22O4/c1-12(2,3)11(16)17-10-8-9(15)13(4,5)18-14(10,6)7/h8H,1-7H3. The van der Waals surface area contributed by atoms with Crippen LogP contribution in [-0.4, -0.2) is 23.0 Å². The third-order valence-corrected chi connectivity index (χ3v) is 2.77. The minimum atomic E-state index is -0.888. The molecule has 0 fully saturated rings. The van der Waals surface area contributed by atoms with Crippen LogP contribution in [0.3, 0.4) is 0 Å². The molecule has 0 saturated heterocycles. The van der Waals surface area contributed by atoms with Gasteiger partial charge in [0, 0.05) is 6.08 Å². The van der Waals surface area contributed by atoms with Crippen molar-refractivity contribution in [2.24, 2.45) is 5.41 Å². The molecular formula is C14H22O4. The lowest BCUT2D eigenvalue weighted by atomic mass is 9.92. The molecule has 1 rings (SSSR count). The van der Waals surface area contributed by atoms with E-state index >= 15 is 0 Å². The lowest BCUT2D eigenvalue weighted by Crippen LogP contribution is -2.48. The predicted octanol–water partition coefficient (Wildman–Crippen LogP) is 2.62. The van der Waals surface area contributed by atoms with Crippen molar-refractivity contribution in [1.82, 2.24) is 0 Å². The van der Waals surface area contributed by atoms with Crippen molar-refractivity contribution in [3.05, 3.63) is 11.8 Å². The molecule has 4 heteroatoms. The molecule has 0 N–H and O–H groups in total. The van der Waals surface area contributed by atoms with Gasteiger partial charge in [0.2, 0.25) is 0 Å². The van der Waals surface area contributed by atoms with Crippen molar-refractivity contribution < 1.29 is 19.1 Å². The van der Waals surface area contributed by atoms with Crippen molar-refractivity contribution in [1.29, 1.82) is 0 Å². The first kappa shape index (κ1) is 14.9. The minimum Gasteiger partial charge on any atom is -0.427 e. The smallest absolute Gasteiger partial charge is 0.316 e. The molecule has 0 aromatic heterocycles. The molecule has 102 valence electrons. The summed E-state index contributed by atoms with van der Waals surface area (Å²) in [4.78, 5) is 23.7. The van der Waals surface area contributed by atoms with Crippen LogP contribution in [0.1, 0.15) is 48.5 Å². The van der Waals surface area contributed by atoms with Crippen LogP contribution < -0.4 is 0 Å². The van der Waals surface area contributed by atoms with Gasteiger partial charge in [0.25, 0.3) is 0 Å². The second kappa shape index (κ2) is 4.19. The molecular weight excluding hydrogens is 232 g/mol. The van der Waals surface area contributed by atoms with Crippen molar-refractivity contribution in [3.8, 4) is 0 Å². The fourth-order valence-corrected chi connectivity index (χ4v) is 1.61. The molecule has 0 aliphatic carbocycles. The van der Waals surface area contributed by atoms with Crippen LogP contribution in [0.25, 0.3) is 0 Å². The summed E-state index contributed by atoms with van der Waals surface area (Å²) in [5.74, 6) is -0.303. The second-order valence-electron chi connectivity index (χ2n) is 6.64. The highest BCUT2D eigenvalue weighted by Crippen LogP contribution is 2.34. The van der Waals surface area contributed by atoms with E-state index in [1.807, 2.05) is 0 Å². The molecule has 0 aromatic carbocycles. The summed E-state index contributed by atoms with van der Waals surface area (Å²) in [6, 6.07) is 0. The van der Waals surface area contributed by atoms with Gasteiger partial charge in [-0.05, 0) is 48.5 Å². The van der Waals surface area contributed by atoms with Gasteiger partial charge in [0.15, 0.2) is 5.78 Å². The monoisotopic (exact) mass is 254 g/mol. The van der Waals surface area contributed by atoms with E-state index in [0.717, 1.165) is 0 Å². The van der Waals surface area contributed by atoms with Crippen molar-refractivity contribution in [2.75, 3.05) is 0 Å². The maximum Gasteiger partial charge on any atom is 0.316 e. The molecule has 0 radical (unpaired) electrons. The molecule has 0 atom stereocenters. The Balaban J connectivity index is 3.02. The van der Waals surface area contributed by atoms with E-state index < -0.39 is 16.6 Å². The molecule has 0 bridgehead atoms. The quantitative estimate of drug-likeness (QED) is 0.675. The van der Waals surface area contributed by atoms with Crippen molar-refractivity contribution in [3.63, 3.8) is 0 Å². The van der Waals surface area contributed by atoms with Gasteiger partial charge in [-0.1, -0.05) is 0 Å².